The predicted octanol–water partition coefficient (Wildman–Crippen LogP) is 1.43. The molecule has 0 amide bonds. The van der Waals surface area contributed by atoms with Crippen molar-refractivity contribution in [3.05, 3.63) is 35.5 Å². The number of benzene rings is 1. The highest BCUT2D eigenvalue weighted by atomic mass is 16.4. The fourth-order valence-corrected chi connectivity index (χ4v) is 1.90. The molecule has 0 unspecified atom stereocenters. The summed E-state index contributed by atoms with van der Waals surface area (Å²) in [6.45, 7) is 1.93. The first-order valence-electron chi connectivity index (χ1n) is 5.14. The first kappa shape index (κ1) is 10.7. The van der Waals surface area contributed by atoms with E-state index in [0.717, 1.165) is 22.2 Å². The van der Waals surface area contributed by atoms with Gasteiger partial charge in [0.2, 0.25) is 0 Å². The van der Waals surface area contributed by atoms with Crippen molar-refractivity contribution >= 4 is 16.9 Å². The number of aromatic amines is 1. The number of aromatic nitrogens is 1. The summed E-state index contributed by atoms with van der Waals surface area (Å²) in [5, 5.41) is 9.86. The molecular formula is C12H14N2O2. The Morgan fingerprint density at radius 1 is 1.50 bits per heavy atom. The van der Waals surface area contributed by atoms with Crippen molar-refractivity contribution in [3.8, 4) is 0 Å². The van der Waals surface area contributed by atoms with Crippen molar-refractivity contribution in [2.24, 2.45) is 5.73 Å². The van der Waals surface area contributed by atoms with Gasteiger partial charge in [-0.1, -0.05) is 18.2 Å². The molecule has 4 heteroatoms. The van der Waals surface area contributed by atoms with Crippen molar-refractivity contribution in [1.82, 2.24) is 4.98 Å². The first-order valence-corrected chi connectivity index (χ1v) is 5.14. The smallest absolute Gasteiger partial charge is 0.320 e. The molecule has 0 spiro atoms. The van der Waals surface area contributed by atoms with E-state index in [1.807, 2.05) is 31.2 Å². The summed E-state index contributed by atoms with van der Waals surface area (Å²) in [4.78, 5) is 14.0. The number of aliphatic carboxylic acids is 1. The van der Waals surface area contributed by atoms with Crippen molar-refractivity contribution in [2.75, 3.05) is 0 Å². The molecule has 0 aliphatic heterocycles. The van der Waals surface area contributed by atoms with Crippen LogP contribution in [0, 0.1) is 6.92 Å². The summed E-state index contributed by atoms with van der Waals surface area (Å²) in [7, 11) is 0. The molecule has 84 valence electrons. The van der Waals surface area contributed by atoms with Crippen LogP contribution in [-0.4, -0.2) is 22.1 Å². The molecule has 0 fully saturated rings. The molecule has 4 nitrogen and oxygen atoms in total. The zero-order valence-electron chi connectivity index (χ0n) is 9.03. The molecule has 16 heavy (non-hydrogen) atoms. The maximum atomic E-state index is 10.7. The number of rotatable bonds is 3. The van der Waals surface area contributed by atoms with Crippen molar-refractivity contribution in [1.29, 1.82) is 0 Å². The van der Waals surface area contributed by atoms with E-state index in [4.69, 9.17) is 10.8 Å². The molecule has 0 saturated heterocycles. The van der Waals surface area contributed by atoms with E-state index in [0.29, 0.717) is 6.42 Å². The average Bonchev–Trinajstić information content (AvgIpc) is 2.55. The molecule has 1 aromatic carbocycles. The molecule has 0 bridgehead atoms. The van der Waals surface area contributed by atoms with Gasteiger partial charge in [-0.3, -0.25) is 4.79 Å². The Morgan fingerprint density at radius 2 is 2.19 bits per heavy atom. The third-order valence-corrected chi connectivity index (χ3v) is 2.77. The van der Waals surface area contributed by atoms with Crippen molar-refractivity contribution < 1.29 is 9.90 Å². The number of nitrogens with two attached hydrogens (primary N) is 1. The summed E-state index contributed by atoms with van der Waals surface area (Å²) in [6, 6.07) is 6.98. The van der Waals surface area contributed by atoms with E-state index in [9.17, 15) is 4.79 Å². The van der Waals surface area contributed by atoms with Gasteiger partial charge in [0.05, 0.1) is 0 Å². The minimum atomic E-state index is -0.968. The first-order chi connectivity index (χ1) is 7.59. The zero-order valence-corrected chi connectivity index (χ0v) is 9.03. The maximum Gasteiger partial charge on any atom is 0.320 e. The standard InChI is InChI=1S/C12H14N2O2/c1-7-9(6-10(13)12(15)16)8-4-2-3-5-11(8)14-7/h2-5,10,14H,6,13H2,1H3,(H,15,16)/t10-/m1/s1. The summed E-state index contributed by atoms with van der Waals surface area (Å²) in [5.74, 6) is -0.968. The maximum absolute atomic E-state index is 10.7. The third kappa shape index (κ3) is 1.79. The number of hydrogen-bond acceptors (Lipinski definition) is 2. The lowest BCUT2D eigenvalue weighted by molar-refractivity contribution is -0.138. The molecule has 0 saturated carbocycles. The van der Waals surface area contributed by atoms with Gasteiger partial charge >= 0.3 is 5.97 Å². The van der Waals surface area contributed by atoms with Crippen LogP contribution in [-0.2, 0) is 11.2 Å². The number of H-pyrrole nitrogens is 1. The fraction of sp³-hybridized carbons (Fsp3) is 0.250. The largest absolute Gasteiger partial charge is 0.480 e. The topological polar surface area (TPSA) is 79.1 Å². The number of hydrogen-bond donors (Lipinski definition) is 3. The molecule has 1 aromatic heterocycles. The number of nitrogens with one attached hydrogen (secondary N) is 1. The van der Waals surface area contributed by atoms with Gasteiger partial charge < -0.3 is 15.8 Å². The molecule has 0 aliphatic carbocycles. The molecule has 2 rings (SSSR count). The van der Waals surface area contributed by atoms with Crippen LogP contribution in [0.15, 0.2) is 24.3 Å². The summed E-state index contributed by atoms with van der Waals surface area (Å²) in [6.07, 6.45) is 0.352. The van der Waals surface area contributed by atoms with Gasteiger partial charge in [-0.15, -0.1) is 0 Å². The van der Waals surface area contributed by atoms with Gasteiger partial charge in [-0.2, -0.15) is 0 Å². The summed E-state index contributed by atoms with van der Waals surface area (Å²) in [5.41, 5.74) is 8.55. The number of carboxylic acids is 1. The molecule has 1 heterocycles. The van der Waals surface area contributed by atoms with E-state index in [1.54, 1.807) is 0 Å². The SMILES string of the molecule is Cc1[nH]c2ccccc2c1C[C@@H](N)C(=O)O. The van der Waals surface area contributed by atoms with Gasteiger partial charge in [0.25, 0.3) is 0 Å². The third-order valence-electron chi connectivity index (χ3n) is 2.77. The fourth-order valence-electron chi connectivity index (χ4n) is 1.90. The Kier molecular flexibility index (Phi) is 2.66. The van der Waals surface area contributed by atoms with Crippen LogP contribution >= 0.6 is 0 Å². The zero-order chi connectivity index (χ0) is 11.7. The number of fused-ring (bicyclic) bond motifs is 1. The Bertz CT molecular complexity index is 531. The lowest BCUT2D eigenvalue weighted by atomic mass is 10.0. The second-order valence-electron chi connectivity index (χ2n) is 3.92. The van der Waals surface area contributed by atoms with Crippen LogP contribution in [0.25, 0.3) is 10.9 Å². The molecule has 2 aromatic rings. The summed E-state index contributed by atoms with van der Waals surface area (Å²) < 4.78 is 0. The molecule has 1 atom stereocenters. The van der Waals surface area contributed by atoms with Crippen LogP contribution in [0.1, 0.15) is 11.3 Å². The Balaban J connectivity index is 2.43. The number of carbonyl (C=O) groups is 1. The molecule has 0 radical (unpaired) electrons. The average molecular weight is 218 g/mol. The Morgan fingerprint density at radius 3 is 2.88 bits per heavy atom. The van der Waals surface area contributed by atoms with Gasteiger partial charge in [0, 0.05) is 23.0 Å². The second-order valence-corrected chi connectivity index (χ2v) is 3.92. The van der Waals surface area contributed by atoms with Crippen LogP contribution in [0.4, 0.5) is 0 Å². The van der Waals surface area contributed by atoms with Gasteiger partial charge in [0.1, 0.15) is 6.04 Å². The van der Waals surface area contributed by atoms with Crippen LogP contribution in [0.3, 0.4) is 0 Å². The normalized spacial score (nSPS) is 12.9. The number of aryl methyl sites for hydroxylation is 1. The van der Waals surface area contributed by atoms with Crippen molar-refractivity contribution in [3.63, 3.8) is 0 Å². The second kappa shape index (κ2) is 3.98. The predicted molar refractivity (Wildman–Crippen MR) is 62.4 cm³/mol. The monoisotopic (exact) mass is 218 g/mol. The van der Waals surface area contributed by atoms with Crippen LogP contribution in [0.2, 0.25) is 0 Å². The lowest BCUT2D eigenvalue weighted by Crippen LogP contribution is -2.32. The van der Waals surface area contributed by atoms with Crippen LogP contribution in [0.5, 0.6) is 0 Å². The van der Waals surface area contributed by atoms with E-state index in [1.165, 1.54) is 0 Å². The van der Waals surface area contributed by atoms with Gasteiger partial charge in [0.15, 0.2) is 0 Å². The highest BCUT2D eigenvalue weighted by molar-refractivity contribution is 5.85. The van der Waals surface area contributed by atoms with E-state index in [2.05, 4.69) is 4.98 Å². The quantitative estimate of drug-likeness (QED) is 0.729. The van der Waals surface area contributed by atoms with Crippen LogP contribution < -0.4 is 5.73 Å². The minimum absolute atomic E-state index is 0.352. The van der Waals surface area contributed by atoms with Gasteiger partial charge in [-0.05, 0) is 18.6 Å². The highest BCUT2D eigenvalue weighted by Gasteiger charge is 2.16. The van der Waals surface area contributed by atoms with E-state index < -0.39 is 12.0 Å². The molecule has 0 aliphatic rings. The van der Waals surface area contributed by atoms with E-state index in [-0.39, 0.29) is 0 Å². The molecular weight excluding hydrogens is 204 g/mol. The number of para-hydroxylation sites is 1. The summed E-state index contributed by atoms with van der Waals surface area (Å²) >= 11 is 0. The molecule has 4 N–H and O–H groups in total. The highest BCUT2D eigenvalue weighted by Crippen LogP contribution is 2.22. The Labute approximate surface area is 93.1 Å². The lowest BCUT2D eigenvalue weighted by Gasteiger charge is -2.06. The van der Waals surface area contributed by atoms with Gasteiger partial charge in [-0.25, -0.2) is 0 Å². The Hall–Kier alpha value is -1.81. The van der Waals surface area contributed by atoms with Crippen molar-refractivity contribution in [2.45, 2.75) is 19.4 Å². The number of carboxylic acid groups (broad SMARTS) is 1. The minimum Gasteiger partial charge on any atom is -0.480 e. The van der Waals surface area contributed by atoms with E-state index >= 15 is 0 Å².